The minimum atomic E-state index is -0.292. The van der Waals surface area contributed by atoms with Crippen molar-refractivity contribution in [2.24, 2.45) is 0 Å². The third-order valence-corrected chi connectivity index (χ3v) is 5.29. The molecule has 10 nitrogen and oxygen atoms in total. The summed E-state index contributed by atoms with van der Waals surface area (Å²) in [5.74, 6) is -0.512. The summed E-state index contributed by atoms with van der Waals surface area (Å²) in [5, 5.41) is 7.68. The van der Waals surface area contributed by atoms with Crippen LogP contribution in [0.25, 0.3) is 22.1 Å². The Labute approximate surface area is 188 Å². The molecule has 0 saturated carbocycles. The van der Waals surface area contributed by atoms with Crippen LogP contribution in [0.2, 0.25) is 0 Å². The summed E-state index contributed by atoms with van der Waals surface area (Å²) in [6, 6.07) is 5.37. The first-order chi connectivity index (χ1) is 16.0. The fourth-order valence-corrected chi connectivity index (χ4v) is 3.73. The second-order valence-corrected chi connectivity index (χ2v) is 7.85. The molecule has 1 amide bonds. The van der Waals surface area contributed by atoms with Gasteiger partial charge in [-0.15, -0.1) is 0 Å². The lowest BCUT2D eigenvalue weighted by molar-refractivity contribution is -0.116. The van der Waals surface area contributed by atoms with Crippen LogP contribution >= 0.6 is 0 Å². The molecule has 0 spiro atoms. The van der Waals surface area contributed by atoms with E-state index in [1.807, 2.05) is 24.5 Å². The third-order valence-electron chi connectivity index (χ3n) is 5.29. The number of anilines is 1. The Morgan fingerprint density at radius 1 is 1.09 bits per heavy atom. The molecule has 0 unspecified atom stereocenters. The molecule has 0 aliphatic carbocycles. The predicted molar refractivity (Wildman–Crippen MR) is 122 cm³/mol. The van der Waals surface area contributed by atoms with E-state index in [1.54, 1.807) is 41.6 Å². The Morgan fingerprint density at radius 2 is 1.97 bits per heavy atom. The Morgan fingerprint density at radius 3 is 2.82 bits per heavy atom. The van der Waals surface area contributed by atoms with E-state index >= 15 is 0 Å². The quantitative estimate of drug-likeness (QED) is 0.403. The lowest BCUT2D eigenvalue weighted by Crippen LogP contribution is -2.19. The summed E-state index contributed by atoms with van der Waals surface area (Å²) in [7, 11) is 0. The van der Waals surface area contributed by atoms with Gasteiger partial charge in [-0.05, 0) is 32.0 Å². The number of nitrogens with zero attached hydrogens (tertiary/aromatic N) is 7. The van der Waals surface area contributed by atoms with E-state index in [9.17, 15) is 9.59 Å². The van der Waals surface area contributed by atoms with Gasteiger partial charge in [0.25, 0.3) is 0 Å². The Hall–Kier alpha value is -4.47. The summed E-state index contributed by atoms with van der Waals surface area (Å²) in [4.78, 5) is 42.7. The third kappa shape index (κ3) is 3.82. The van der Waals surface area contributed by atoms with Gasteiger partial charge >= 0.3 is 0 Å². The van der Waals surface area contributed by atoms with Crippen LogP contribution in [-0.4, -0.2) is 46.0 Å². The highest BCUT2D eigenvalue weighted by molar-refractivity contribution is 6.16. The number of aromatic nitrogens is 7. The van der Waals surface area contributed by atoms with Crippen LogP contribution in [0, 0.1) is 0 Å². The predicted octanol–water partition coefficient (Wildman–Crippen LogP) is 3.02. The molecule has 0 fully saturated rings. The number of fused-ring (bicyclic) bond motifs is 2. The van der Waals surface area contributed by atoms with Gasteiger partial charge in [-0.2, -0.15) is 5.10 Å². The maximum Gasteiger partial charge on any atom is 0.246 e. The maximum atomic E-state index is 13.3. The smallest absolute Gasteiger partial charge is 0.246 e. The minimum absolute atomic E-state index is 0.00653. The molecule has 10 heteroatoms. The first-order valence-corrected chi connectivity index (χ1v) is 10.4. The van der Waals surface area contributed by atoms with Gasteiger partial charge < -0.3 is 9.88 Å². The number of hydrogen-bond donors (Lipinski definition) is 1. The van der Waals surface area contributed by atoms with Crippen LogP contribution in [0.4, 0.5) is 5.69 Å². The number of nitrogens with one attached hydrogen (secondary N) is 1. The highest BCUT2D eigenvalue weighted by Crippen LogP contribution is 2.25. The molecule has 164 valence electrons. The normalized spacial score (nSPS) is 11.4. The van der Waals surface area contributed by atoms with Gasteiger partial charge in [0.05, 0.1) is 29.2 Å². The maximum absolute atomic E-state index is 13.3. The summed E-state index contributed by atoms with van der Waals surface area (Å²) in [6.45, 7) is 4.05. The van der Waals surface area contributed by atoms with Gasteiger partial charge in [0, 0.05) is 41.8 Å². The van der Waals surface area contributed by atoms with Crippen molar-refractivity contribution < 1.29 is 9.59 Å². The highest BCUT2D eigenvalue weighted by atomic mass is 16.2. The van der Waals surface area contributed by atoms with E-state index < -0.39 is 0 Å². The SMILES string of the molecule is CC(C)n1cc(C(=O)c2cncc(NC(=O)Cn3ncc4ncccc43)c2)c2cncnc21. The number of carbonyl (C=O) groups is 2. The molecule has 1 N–H and O–H groups in total. The van der Waals surface area contributed by atoms with Crippen molar-refractivity contribution in [3.05, 3.63) is 72.8 Å². The van der Waals surface area contributed by atoms with E-state index in [0.29, 0.717) is 33.4 Å². The van der Waals surface area contributed by atoms with E-state index in [1.165, 1.54) is 18.7 Å². The zero-order valence-electron chi connectivity index (χ0n) is 18.0. The Bertz CT molecular complexity index is 1500. The van der Waals surface area contributed by atoms with Gasteiger partial charge in [-0.25, -0.2) is 9.97 Å². The number of hydrogen-bond acceptors (Lipinski definition) is 7. The van der Waals surface area contributed by atoms with Crippen molar-refractivity contribution in [1.29, 1.82) is 0 Å². The first-order valence-electron chi connectivity index (χ1n) is 10.4. The number of ketones is 1. The molecule has 0 bridgehead atoms. The molecule has 5 aromatic rings. The Balaban J connectivity index is 1.39. The minimum Gasteiger partial charge on any atom is -0.329 e. The molecule has 0 saturated heterocycles. The zero-order valence-corrected chi connectivity index (χ0v) is 18.0. The standard InChI is InChI=1S/C23H20N8O2/c1-14(2)30-11-18(17-9-25-13-27-23(17)30)22(33)15-6-16(8-24-7-15)29-21(32)12-31-20-4-3-5-26-19(20)10-28-31/h3-11,13-14H,12H2,1-2H3,(H,29,32). The molecule has 0 atom stereocenters. The second kappa shape index (κ2) is 8.23. The van der Waals surface area contributed by atoms with Crippen LogP contribution in [0.1, 0.15) is 35.8 Å². The monoisotopic (exact) mass is 440 g/mol. The number of carbonyl (C=O) groups excluding carboxylic acids is 2. The average molecular weight is 440 g/mol. The molecule has 0 aliphatic heterocycles. The van der Waals surface area contributed by atoms with Crippen LogP contribution in [0.3, 0.4) is 0 Å². The molecule has 5 heterocycles. The van der Waals surface area contributed by atoms with Gasteiger partial charge in [0.2, 0.25) is 5.91 Å². The molecule has 33 heavy (non-hydrogen) atoms. The van der Waals surface area contributed by atoms with E-state index in [0.717, 1.165) is 5.52 Å². The van der Waals surface area contributed by atoms with Crippen molar-refractivity contribution in [2.45, 2.75) is 26.4 Å². The first kappa shape index (κ1) is 20.4. The topological polar surface area (TPSA) is 120 Å². The zero-order chi connectivity index (χ0) is 22.9. The van der Waals surface area contributed by atoms with E-state index in [2.05, 4.69) is 30.4 Å². The molecule has 5 rings (SSSR count). The molecular formula is C23H20N8O2. The van der Waals surface area contributed by atoms with Crippen LogP contribution in [0.5, 0.6) is 0 Å². The second-order valence-electron chi connectivity index (χ2n) is 7.85. The van der Waals surface area contributed by atoms with Crippen molar-refractivity contribution >= 4 is 39.4 Å². The highest BCUT2D eigenvalue weighted by Gasteiger charge is 2.20. The molecule has 0 aliphatic rings. The summed E-state index contributed by atoms with van der Waals surface area (Å²) < 4.78 is 3.51. The molecule has 0 aromatic carbocycles. The van der Waals surface area contributed by atoms with E-state index in [4.69, 9.17) is 0 Å². The summed E-state index contributed by atoms with van der Waals surface area (Å²) in [5.41, 5.74) is 3.43. The van der Waals surface area contributed by atoms with Crippen molar-refractivity contribution in [3.8, 4) is 0 Å². The van der Waals surface area contributed by atoms with Gasteiger partial charge in [-0.1, -0.05) is 0 Å². The van der Waals surface area contributed by atoms with E-state index in [-0.39, 0.29) is 24.3 Å². The van der Waals surface area contributed by atoms with Crippen LogP contribution < -0.4 is 5.32 Å². The average Bonchev–Trinajstić information content (AvgIpc) is 3.41. The number of rotatable bonds is 6. The van der Waals surface area contributed by atoms with Crippen molar-refractivity contribution in [1.82, 2.24) is 34.3 Å². The number of amides is 1. The molecule has 5 aromatic heterocycles. The van der Waals surface area contributed by atoms with Gasteiger partial charge in [-0.3, -0.25) is 24.2 Å². The van der Waals surface area contributed by atoms with Crippen LogP contribution in [0.15, 0.2) is 61.7 Å². The van der Waals surface area contributed by atoms with Gasteiger partial charge in [0.1, 0.15) is 24.0 Å². The summed E-state index contributed by atoms with van der Waals surface area (Å²) >= 11 is 0. The van der Waals surface area contributed by atoms with Crippen molar-refractivity contribution in [3.63, 3.8) is 0 Å². The fourth-order valence-electron chi connectivity index (χ4n) is 3.73. The lowest BCUT2D eigenvalue weighted by atomic mass is 10.1. The largest absolute Gasteiger partial charge is 0.329 e. The van der Waals surface area contributed by atoms with Crippen molar-refractivity contribution in [2.75, 3.05) is 5.32 Å². The van der Waals surface area contributed by atoms with Crippen LogP contribution in [-0.2, 0) is 11.3 Å². The molecule has 0 radical (unpaired) electrons. The summed E-state index contributed by atoms with van der Waals surface area (Å²) in [6.07, 6.45) is 11.1. The van der Waals surface area contributed by atoms with Gasteiger partial charge in [0.15, 0.2) is 5.78 Å². The molecular weight excluding hydrogens is 420 g/mol. The number of pyridine rings is 2. The Kier molecular flexibility index (Phi) is 5.09. The fraction of sp³-hybridized carbons (Fsp3) is 0.174. The lowest BCUT2D eigenvalue weighted by Gasteiger charge is -2.08.